The topological polar surface area (TPSA) is 91.8 Å². The maximum Gasteiger partial charge on any atom is 0.307 e. The number of rotatable bonds is 7. The molecule has 0 aliphatic rings. The number of nitrogens with zero attached hydrogens (tertiary/aromatic N) is 3. The number of aromatic nitrogens is 4. The van der Waals surface area contributed by atoms with E-state index < -0.39 is 24.5 Å². The van der Waals surface area contributed by atoms with Gasteiger partial charge in [-0.25, -0.2) is 0 Å². The summed E-state index contributed by atoms with van der Waals surface area (Å²) < 4.78 is 12.7. The number of carbonyl (C=O) groups is 1. The Hall–Kier alpha value is -2.31. The van der Waals surface area contributed by atoms with Crippen molar-refractivity contribution in [2.45, 2.75) is 25.2 Å². The standard InChI is InChI=1S/C14H17FN4O2/c1-9(10-5-3-2-4-6-10)12(13-16-18-19-17-13)11(7-8-15)14(20)21/h2-6,9,11-12H,7-8H2,1H3,(H,20,21)(H,16,17,18,19). The lowest BCUT2D eigenvalue weighted by molar-refractivity contribution is -0.143. The van der Waals surface area contributed by atoms with Crippen molar-refractivity contribution >= 4 is 5.97 Å². The van der Waals surface area contributed by atoms with E-state index >= 15 is 0 Å². The summed E-state index contributed by atoms with van der Waals surface area (Å²) in [7, 11) is 0. The van der Waals surface area contributed by atoms with Crippen LogP contribution in [0.3, 0.4) is 0 Å². The van der Waals surface area contributed by atoms with E-state index in [4.69, 9.17) is 0 Å². The van der Waals surface area contributed by atoms with E-state index in [0.29, 0.717) is 5.82 Å². The van der Waals surface area contributed by atoms with E-state index in [1.807, 2.05) is 37.3 Å². The summed E-state index contributed by atoms with van der Waals surface area (Å²) >= 11 is 0. The summed E-state index contributed by atoms with van der Waals surface area (Å²) in [4.78, 5) is 11.5. The Bertz CT molecular complexity index is 562. The Morgan fingerprint density at radius 3 is 2.62 bits per heavy atom. The third kappa shape index (κ3) is 3.42. The van der Waals surface area contributed by atoms with Gasteiger partial charge in [-0.2, -0.15) is 5.21 Å². The zero-order valence-corrected chi connectivity index (χ0v) is 11.6. The molecule has 0 radical (unpaired) electrons. The summed E-state index contributed by atoms with van der Waals surface area (Å²) in [6, 6.07) is 9.46. The number of carboxylic acid groups (broad SMARTS) is 1. The first-order valence-corrected chi connectivity index (χ1v) is 6.72. The van der Waals surface area contributed by atoms with Crippen molar-refractivity contribution in [1.82, 2.24) is 20.6 Å². The molecule has 1 aromatic carbocycles. The predicted octanol–water partition coefficient (Wildman–Crippen LogP) is 2.15. The maximum atomic E-state index is 12.7. The quantitative estimate of drug-likeness (QED) is 0.815. The molecule has 2 rings (SSSR count). The molecule has 3 unspecified atom stereocenters. The molecular formula is C14H17FN4O2. The number of hydrogen-bond donors (Lipinski definition) is 2. The second kappa shape index (κ2) is 6.92. The molecule has 21 heavy (non-hydrogen) atoms. The summed E-state index contributed by atoms with van der Waals surface area (Å²) in [6.45, 7) is 1.19. The fourth-order valence-corrected chi connectivity index (χ4v) is 2.60. The van der Waals surface area contributed by atoms with Crippen molar-refractivity contribution in [3.8, 4) is 0 Å². The van der Waals surface area contributed by atoms with Crippen LogP contribution in [0.5, 0.6) is 0 Å². The maximum absolute atomic E-state index is 12.7. The summed E-state index contributed by atoms with van der Waals surface area (Å²) in [5.41, 5.74) is 0.956. The van der Waals surface area contributed by atoms with Gasteiger partial charge in [0.2, 0.25) is 0 Å². The van der Waals surface area contributed by atoms with Crippen LogP contribution in [0.15, 0.2) is 30.3 Å². The van der Waals surface area contributed by atoms with Gasteiger partial charge in [0.05, 0.1) is 12.6 Å². The number of H-pyrrole nitrogens is 1. The number of benzene rings is 1. The Morgan fingerprint density at radius 2 is 2.10 bits per heavy atom. The monoisotopic (exact) mass is 292 g/mol. The SMILES string of the molecule is CC(c1ccccc1)C(c1nn[nH]n1)C(CCF)C(=O)O. The molecule has 0 aliphatic carbocycles. The number of aliphatic carboxylic acids is 1. The molecule has 0 spiro atoms. The number of carboxylic acids is 1. The Labute approximate surface area is 121 Å². The average molecular weight is 292 g/mol. The van der Waals surface area contributed by atoms with Crippen LogP contribution in [0.2, 0.25) is 0 Å². The molecule has 3 atom stereocenters. The highest BCUT2D eigenvalue weighted by Crippen LogP contribution is 2.38. The Balaban J connectivity index is 2.38. The first-order valence-electron chi connectivity index (χ1n) is 6.72. The second-order valence-corrected chi connectivity index (χ2v) is 4.92. The molecule has 2 aromatic rings. The summed E-state index contributed by atoms with van der Waals surface area (Å²) in [5, 5.41) is 23.1. The highest BCUT2D eigenvalue weighted by molar-refractivity contribution is 5.71. The van der Waals surface area contributed by atoms with Crippen molar-refractivity contribution in [3.63, 3.8) is 0 Å². The van der Waals surface area contributed by atoms with E-state index in [-0.39, 0.29) is 12.3 Å². The zero-order chi connectivity index (χ0) is 15.2. The van der Waals surface area contributed by atoms with Gasteiger partial charge in [0.25, 0.3) is 0 Å². The molecule has 0 amide bonds. The molecular weight excluding hydrogens is 275 g/mol. The predicted molar refractivity (Wildman–Crippen MR) is 73.5 cm³/mol. The van der Waals surface area contributed by atoms with Gasteiger partial charge in [0.1, 0.15) is 0 Å². The molecule has 6 nitrogen and oxygen atoms in total. The zero-order valence-electron chi connectivity index (χ0n) is 11.6. The van der Waals surface area contributed by atoms with Crippen LogP contribution in [-0.4, -0.2) is 38.4 Å². The van der Waals surface area contributed by atoms with E-state index in [9.17, 15) is 14.3 Å². The first kappa shape index (κ1) is 15.1. The molecule has 0 aliphatic heterocycles. The molecule has 7 heteroatoms. The average Bonchev–Trinajstić information content (AvgIpc) is 3.01. The van der Waals surface area contributed by atoms with Crippen LogP contribution in [0.25, 0.3) is 0 Å². The summed E-state index contributed by atoms with van der Waals surface area (Å²) in [5.74, 6) is -2.36. The van der Waals surface area contributed by atoms with Gasteiger partial charge >= 0.3 is 5.97 Å². The minimum absolute atomic E-state index is 0.0777. The molecule has 0 saturated carbocycles. The Morgan fingerprint density at radius 1 is 1.38 bits per heavy atom. The van der Waals surface area contributed by atoms with Crippen LogP contribution < -0.4 is 0 Å². The van der Waals surface area contributed by atoms with E-state index in [0.717, 1.165) is 5.56 Å². The van der Waals surface area contributed by atoms with Gasteiger partial charge in [0, 0.05) is 5.92 Å². The molecule has 0 bridgehead atoms. The fourth-order valence-electron chi connectivity index (χ4n) is 2.60. The van der Waals surface area contributed by atoms with Crippen molar-refractivity contribution in [3.05, 3.63) is 41.7 Å². The van der Waals surface area contributed by atoms with Crippen LogP contribution in [-0.2, 0) is 4.79 Å². The van der Waals surface area contributed by atoms with Crippen molar-refractivity contribution in [2.75, 3.05) is 6.67 Å². The van der Waals surface area contributed by atoms with Crippen molar-refractivity contribution in [2.24, 2.45) is 5.92 Å². The van der Waals surface area contributed by atoms with Crippen LogP contribution in [0, 0.1) is 5.92 Å². The largest absolute Gasteiger partial charge is 0.481 e. The highest BCUT2D eigenvalue weighted by Gasteiger charge is 2.36. The van der Waals surface area contributed by atoms with Crippen LogP contribution in [0.1, 0.15) is 36.6 Å². The number of halogens is 1. The van der Waals surface area contributed by atoms with Crippen LogP contribution >= 0.6 is 0 Å². The molecule has 0 fully saturated rings. The van der Waals surface area contributed by atoms with Gasteiger partial charge in [-0.1, -0.05) is 42.5 Å². The number of hydrogen-bond acceptors (Lipinski definition) is 4. The molecule has 2 N–H and O–H groups in total. The van der Waals surface area contributed by atoms with Gasteiger partial charge in [-0.15, -0.1) is 10.2 Å². The highest BCUT2D eigenvalue weighted by atomic mass is 19.1. The summed E-state index contributed by atoms with van der Waals surface area (Å²) in [6.07, 6.45) is -0.0777. The third-order valence-corrected chi connectivity index (χ3v) is 3.69. The van der Waals surface area contributed by atoms with E-state index in [1.54, 1.807) is 0 Å². The number of nitrogens with one attached hydrogen (secondary N) is 1. The number of alkyl halides is 1. The lowest BCUT2D eigenvalue weighted by atomic mass is 9.77. The molecule has 0 saturated heterocycles. The van der Waals surface area contributed by atoms with Gasteiger partial charge in [0.15, 0.2) is 5.82 Å². The van der Waals surface area contributed by atoms with E-state index in [2.05, 4.69) is 20.6 Å². The number of aromatic amines is 1. The Kier molecular flexibility index (Phi) is 4.97. The lowest BCUT2D eigenvalue weighted by Gasteiger charge is -2.26. The lowest BCUT2D eigenvalue weighted by Crippen LogP contribution is -2.27. The normalized spacial score (nSPS) is 15.3. The first-order chi connectivity index (χ1) is 10.1. The number of tetrazole rings is 1. The van der Waals surface area contributed by atoms with Crippen molar-refractivity contribution in [1.29, 1.82) is 0 Å². The van der Waals surface area contributed by atoms with E-state index in [1.165, 1.54) is 0 Å². The third-order valence-electron chi connectivity index (χ3n) is 3.69. The van der Waals surface area contributed by atoms with Gasteiger partial charge < -0.3 is 5.11 Å². The second-order valence-electron chi connectivity index (χ2n) is 4.92. The molecule has 112 valence electrons. The van der Waals surface area contributed by atoms with Crippen molar-refractivity contribution < 1.29 is 14.3 Å². The molecule has 1 heterocycles. The minimum atomic E-state index is -1.05. The fraction of sp³-hybridized carbons (Fsp3) is 0.429. The smallest absolute Gasteiger partial charge is 0.307 e. The van der Waals surface area contributed by atoms with Gasteiger partial charge in [-0.05, 0) is 17.9 Å². The molecule has 1 aromatic heterocycles. The minimum Gasteiger partial charge on any atom is -0.481 e. The van der Waals surface area contributed by atoms with Gasteiger partial charge in [-0.3, -0.25) is 9.18 Å². The van der Waals surface area contributed by atoms with Crippen LogP contribution in [0.4, 0.5) is 4.39 Å².